The van der Waals surface area contributed by atoms with E-state index in [9.17, 15) is 10.1 Å². The van der Waals surface area contributed by atoms with Gasteiger partial charge < -0.3 is 10.6 Å². The summed E-state index contributed by atoms with van der Waals surface area (Å²) in [6.45, 7) is 4.67. The van der Waals surface area contributed by atoms with Crippen LogP contribution < -0.4 is 10.6 Å². The van der Waals surface area contributed by atoms with Gasteiger partial charge in [-0.15, -0.1) is 0 Å². The number of nitrogens with zero attached hydrogens (tertiary/aromatic N) is 2. The van der Waals surface area contributed by atoms with Crippen LogP contribution in [-0.2, 0) is 4.79 Å². The summed E-state index contributed by atoms with van der Waals surface area (Å²) < 4.78 is 0. The van der Waals surface area contributed by atoms with E-state index in [2.05, 4.69) is 21.6 Å². The van der Waals surface area contributed by atoms with Crippen LogP contribution in [0.2, 0.25) is 0 Å². The van der Waals surface area contributed by atoms with Crippen LogP contribution in [0.15, 0.2) is 0 Å². The molecule has 0 bridgehead atoms. The zero-order chi connectivity index (χ0) is 13.3. The van der Waals surface area contributed by atoms with Gasteiger partial charge in [-0.05, 0) is 50.6 Å². The van der Waals surface area contributed by atoms with E-state index in [-0.39, 0.29) is 5.91 Å². The average Bonchev–Trinajstić information content (AvgIpc) is 3.04. The molecule has 1 amide bonds. The lowest BCUT2D eigenvalue weighted by Crippen LogP contribution is -2.49. The van der Waals surface area contributed by atoms with E-state index in [4.69, 9.17) is 0 Å². The number of amides is 1. The zero-order valence-electron chi connectivity index (χ0n) is 11.3. The van der Waals surface area contributed by atoms with Crippen molar-refractivity contribution < 1.29 is 4.79 Å². The molecule has 0 spiro atoms. The van der Waals surface area contributed by atoms with E-state index in [0.29, 0.717) is 18.4 Å². The van der Waals surface area contributed by atoms with Crippen LogP contribution in [0.4, 0.5) is 0 Å². The third-order valence-corrected chi connectivity index (χ3v) is 4.88. The third kappa shape index (κ3) is 2.60. The standard InChI is InChI=1S/C14H22N4O/c15-10-14(3-1-2-4-14)17-13(19)9-18-7-11-5-16-6-12(11)8-18/h11-12,16H,1-9H2,(H,17,19)/t11-,12+. The minimum Gasteiger partial charge on any atom is -0.337 e. The molecular weight excluding hydrogens is 240 g/mol. The Labute approximate surface area is 114 Å². The largest absolute Gasteiger partial charge is 0.337 e. The maximum atomic E-state index is 12.1. The summed E-state index contributed by atoms with van der Waals surface area (Å²) in [4.78, 5) is 14.4. The maximum absolute atomic E-state index is 12.1. The Bertz CT molecular complexity index is 385. The van der Waals surface area contributed by atoms with Crippen LogP contribution in [0.3, 0.4) is 0 Å². The molecule has 0 aromatic heterocycles. The summed E-state index contributed by atoms with van der Waals surface area (Å²) in [7, 11) is 0. The highest BCUT2D eigenvalue weighted by atomic mass is 16.2. The number of carbonyl (C=O) groups excluding carboxylic acids is 1. The van der Waals surface area contributed by atoms with Crippen molar-refractivity contribution in [1.82, 2.24) is 15.5 Å². The van der Waals surface area contributed by atoms with Gasteiger partial charge in [0, 0.05) is 13.1 Å². The number of carbonyl (C=O) groups is 1. The topological polar surface area (TPSA) is 68.2 Å². The van der Waals surface area contributed by atoms with Crippen LogP contribution in [0, 0.1) is 23.2 Å². The highest BCUT2D eigenvalue weighted by Gasteiger charge is 2.39. The predicted molar refractivity (Wildman–Crippen MR) is 71.2 cm³/mol. The minimum absolute atomic E-state index is 0.0244. The lowest BCUT2D eigenvalue weighted by molar-refractivity contribution is -0.123. The molecule has 0 aromatic rings. The molecule has 5 nitrogen and oxygen atoms in total. The van der Waals surface area contributed by atoms with E-state index in [0.717, 1.165) is 51.9 Å². The Morgan fingerprint density at radius 3 is 2.53 bits per heavy atom. The van der Waals surface area contributed by atoms with Gasteiger partial charge in [0.25, 0.3) is 0 Å². The van der Waals surface area contributed by atoms with Crippen molar-refractivity contribution in [2.24, 2.45) is 11.8 Å². The van der Waals surface area contributed by atoms with Crippen molar-refractivity contribution in [3.8, 4) is 6.07 Å². The lowest BCUT2D eigenvalue weighted by Gasteiger charge is -2.24. The van der Waals surface area contributed by atoms with Crippen LogP contribution in [0.5, 0.6) is 0 Å². The molecule has 19 heavy (non-hydrogen) atoms. The Morgan fingerprint density at radius 2 is 1.95 bits per heavy atom. The van der Waals surface area contributed by atoms with E-state index in [1.807, 2.05) is 0 Å². The quantitative estimate of drug-likeness (QED) is 0.756. The molecule has 3 rings (SSSR count). The second-order valence-electron chi connectivity index (χ2n) is 6.32. The highest BCUT2D eigenvalue weighted by molar-refractivity contribution is 5.79. The van der Waals surface area contributed by atoms with Crippen LogP contribution in [0.1, 0.15) is 25.7 Å². The molecule has 2 aliphatic heterocycles. The summed E-state index contributed by atoms with van der Waals surface area (Å²) >= 11 is 0. The Kier molecular flexibility index (Phi) is 3.46. The molecular formula is C14H22N4O. The molecule has 0 unspecified atom stereocenters. The number of nitriles is 1. The van der Waals surface area contributed by atoms with Gasteiger partial charge in [-0.3, -0.25) is 9.69 Å². The normalized spacial score (nSPS) is 33.0. The van der Waals surface area contributed by atoms with Gasteiger partial charge in [0.05, 0.1) is 12.6 Å². The van der Waals surface area contributed by atoms with Crippen molar-refractivity contribution >= 4 is 5.91 Å². The Balaban J connectivity index is 1.51. The van der Waals surface area contributed by atoms with Crippen LogP contribution >= 0.6 is 0 Å². The fraction of sp³-hybridized carbons (Fsp3) is 0.857. The van der Waals surface area contributed by atoms with Crippen molar-refractivity contribution in [1.29, 1.82) is 5.26 Å². The fourth-order valence-electron chi connectivity index (χ4n) is 3.83. The predicted octanol–water partition coefficient (Wildman–Crippen LogP) is 0.0902. The van der Waals surface area contributed by atoms with Gasteiger partial charge in [-0.1, -0.05) is 0 Å². The summed E-state index contributed by atoms with van der Waals surface area (Å²) in [6, 6.07) is 2.31. The Morgan fingerprint density at radius 1 is 1.32 bits per heavy atom. The van der Waals surface area contributed by atoms with Gasteiger partial charge in [0.15, 0.2) is 0 Å². The van der Waals surface area contributed by atoms with Crippen LogP contribution in [-0.4, -0.2) is 49.1 Å². The number of fused-ring (bicyclic) bond motifs is 1. The lowest BCUT2D eigenvalue weighted by atomic mass is 10.00. The van der Waals surface area contributed by atoms with Crippen molar-refractivity contribution in [3.05, 3.63) is 0 Å². The maximum Gasteiger partial charge on any atom is 0.235 e. The van der Waals surface area contributed by atoms with Crippen molar-refractivity contribution in [2.45, 2.75) is 31.2 Å². The number of hydrogen-bond acceptors (Lipinski definition) is 4. The molecule has 2 N–H and O–H groups in total. The summed E-state index contributed by atoms with van der Waals surface area (Å²) in [5, 5.41) is 15.7. The first kappa shape index (κ1) is 12.9. The first-order valence-electron chi connectivity index (χ1n) is 7.36. The molecule has 0 radical (unpaired) electrons. The first-order valence-corrected chi connectivity index (χ1v) is 7.36. The minimum atomic E-state index is -0.575. The molecule has 1 saturated carbocycles. The number of rotatable bonds is 3. The van der Waals surface area contributed by atoms with Gasteiger partial charge >= 0.3 is 0 Å². The number of hydrogen-bond donors (Lipinski definition) is 2. The average molecular weight is 262 g/mol. The van der Waals surface area contributed by atoms with Gasteiger partial charge in [-0.2, -0.15) is 5.26 Å². The second kappa shape index (κ2) is 5.10. The molecule has 104 valence electrons. The van der Waals surface area contributed by atoms with Gasteiger partial charge in [0.2, 0.25) is 5.91 Å². The van der Waals surface area contributed by atoms with Crippen LogP contribution in [0.25, 0.3) is 0 Å². The van der Waals surface area contributed by atoms with Gasteiger partial charge in [0.1, 0.15) is 5.54 Å². The summed E-state index contributed by atoms with van der Waals surface area (Å²) in [5.74, 6) is 1.45. The smallest absolute Gasteiger partial charge is 0.235 e. The van der Waals surface area contributed by atoms with E-state index in [1.165, 1.54) is 0 Å². The molecule has 0 aromatic carbocycles. The molecule has 1 aliphatic carbocycles. The van der Waals surface area contributed by atoms with E-state index < -0.39 is 5.54 Å². The third-order valence-electron chi connectivity index (χ3n) is 4.88. The molecule has 2 atom stereocenters. The van der Waals surface area contributed by atoms with E-state index >= 15 is 0 Å². The second-order valence-corrected chi connectivity index (χ2v) is 6.32. The fourth-order valence-corrected chi connectivity index (χ4v) is 3.83. The number of likely N-dealkylation sites (tertiary alicyclic amines) is 1. The molecule has 3 aliphatic rings. The van der Waals surface area contributed by atoms with Crippen molar-refractivity contribution in [2.75, 3.05) is 32.7 Å². The molecule has 3 fully saturated rings. The molecule has 2 saturated heterocycles. The van der Waals surface area contributed by atoms with Crippen molar-refractivity contribution in [3.63, 3.8) is 0 Å². The molecule has 5 heteroatoms. The SMILES string of the molecule is N#CC1(NC(=O)CN2C[C@H]3CNC[C@H]3C2)CCCC1. The summed E-state index contributed by atoms with van der Waals surface area (Å²) in [6.07, 6.45) is 3.72. The zero-order valence-corrected chi connectivity index (χ0v) is 11.3. The van der Waals surface area contributed by atoms with E-state index in [1.54, 1.807) is 0 Å². The van der Waals surface area contributed by atoms with Gasteiger partial charge in [-0.25, -0.2) is 0 Å². The highest BCUT2D eigenvalue weighted by Crippen LogP contribution is 2.29. The number of nitrogens with one attached hydrogen (secondary N) is 2. The molecule has 2 heterocycles. The summed E-state index contributed by atoms with van der Waals surface area (Å²) in [5.41, 5.74) is -0.575. The first-order chi connectivity index (χ1) is 9.21. The Hall–Kier alpha value is -1.12. The monoisotopic (exact) mass is 262 g/mol.